The Morgan fingerprint density at radius 3 is 2.72 bits per heavy atom. The van der Waals surface area contributed by atoms with Crippen molar-refractivity contribution in [2.24, 2.45) is 0 Å². The van der Waals surface area contributed by atoms with E-state index in [1.807, 2.05) is 31.2 Å². The highest BCUT2D eigenvalue weighted by molar-refractivity contribution is 5.68. The number of benzene rings is 1. The predicted molar refractivity (Wildman–Crippen MR) is 105 cm³/mol. The number of aryl methyl sites for hydroxylation is 1. The molecule has 2 heterocycles. The number of imidazole rings is 1. The number of hydrogen-bond donors (Lipinski definition) is 1. The minimum Gasteiger partial charge on any atom is -0.496 e. The second kappa shape index (κ2) is 7.81. The van der Waals surface area contributed by atoms with E-state index >= 15 is 0 Å². The number of aromatic nitrogens is 3. The lowest BCUT2D eigenvalue weighted by Gasteiger charge is -2.11. The number of hydrogen-bond acceptors (Lipinski definition) is 4. The zero-order valence-electron chi connectivity index (χ0n) is 16.4. The third kappa shape index (κ3) is 4.39. The summed E-state index contributed by atoms with van der Waals surface area (Å²) in [4.78, 5) is 11.8. The van der Waals surface area contributed by atoms with Gasteiger partial charge in [-0.2, -0.15) is 0 Å². The summed E-state index contributed by atoms with van der Waals surface area (Å²) < 4.78 is 38.4. The molecule has 3 aromatic rings. The number of methoxy groups -OCH3 is 1. The maximum Gasteiger partial charge on any atom is 0.248 e. The van der Waals surface area contributed by atoms with Crippen molar-refractivity contribution in [3.05, 3.63) is 59.8 Å². The minimum absolute atomic E-state index is 0.0838. The Kier molecular flexibility index (Phi) is 5.22. The molecule has 5 nitrogen and oxygen atoms in total. The number of alkyl halides is 2. The van der Waals surface area contributed by atoms with E-state index in [0.717, 1.165) is 22.5 Å². The first-order valence-corrected chi connectivity index (χ1v) is 9.59. The third-order valence-electron chi connectivity index (χ3n) is 5.23. The van der Waals surface area contributed by atoms with Gasteiger partial charge in [0.15, 0.2) is 0 Å². The summed E-state index contributed by atoms with van der Waals surface area (Å²) in [6.07, 6.45) is 3.66. The van der Waals surface area contributed by atoms with E-state index in [2.05, 4.69) is 15.0 Å². The summed E-state index contributed by atoms with van der Waals surface area (Å²) in [5.74, 6) is -0.943. The van der Waals surface area contributed by atoms with Crippen molar-refractivity contribution in [3.8, 4) is 22.8 Å². The average molecular weight is 399 g/mol. The van der Waals surface area contributed by atoms with Gasteiger partial charge in [-0.3, -0.25) is 4.98 Å². The van der Waals surface area contributed by atoms with Crippen LogP contribution in [0.25, 0.3) is 11.3 Å². The van der Waals surface area contributed by atoms with Crippen molar-refractivity contribution in [2.45, 2.75) is 44.6 Å². The maximum absolute atomic E-state index is 13.5. The molecule has 152 valence electrons. The number of rotatable bonds is 6. The highest BCUT2D eigenvalue weighted by Gasteiger charge is 2.41. The summed E-state index contributed by atoms with van der Waals surface area (Å²) in [5.41, 5.74) is 3.48. The molecule has 0 spiro atoms. The summed E-state index contributed by atoms with van der Waals surface area (Å²) in [5, 5.41) is 0. The van der Waals surface area contributed by atoms with Gasteiger partial charge in [-0.05, 0) is 31.5 Å². The molecule has 0 radical (unpaired) electrons. The standard InChI is InChI=1S/C22H23F2N3O2/c1-14-3-4-15(11-25-14)13-29-17-5-6-18(20(9-17)28-2)19-12-26-21(27-19)16-7-8-22(23,24)10-16/h3-6,9,11-12,16H,7-8,10,13H2,1-2H3,(H,26,27). The van der Waals surface area contributed by atoms with Crippen LogP contribution in [0.15, 0.2) is 42.7 Å². The molecule has 1 aliphatic carbocycles. The Bertz CT molecular complexity index is 986. The number of ether oxygens (including phenoxy) is 2. The molecular formula is C22H23F2N3O2. The van der Waals surface area contributed by atoms with Crippen LogP contribution in [0.3, 0.4) is 0 Å². The van der Waals surface area contributed by atoms with Gasteiger partial charge in [-0.15, -0.1) is 0 Å². The Balaban J connectivity index is 1.49. The van der Waals surface area contributed by atoms with Gasteiger partial charge < -0.3 is 14.5 Å². The first-order chi connectivity index (χ1) is 13.9. The number of aromatic amines is 1. The van der Waals surface area contributed by atoms with Crippen molar-refractivity contribution in [3.63, 3.8) is 0 Å². The minimum atomic E-state index is -2.60. The largest absolute Gasteiger partial charge is 0.496 e. The van der Waals surface area contributed by atoms with Crippen molar-refractivity contribution >= 4 is 0 Å². The van der Waals surface area contributed by atoms with Gasteiger partial charge in [-0.25, -0.2) is 13.8 Å². The van der Waals surface area contributed by atoms with Crippen LogP contribution in [0, 0.1) is 6.92 Å². The lowest BCUT2D eigenvalue weighted by molar-refractivity contribution is 0.00756. The fourth-order valence-electron chi connectivity index (χ4n) is 3.60. The molecule has 1 aromatic carbocycles. The van der Waals surface area contributed by atoms with Crippen molar-refractivity contribution in [1.82, 2.24) is 15.0 Å². The van der Waals surface area contributed by atoms with Crippen LogP contribution >= 0.6 is 0 Å². The van der Waals surface area contributed by atoms with Gasteiger partial charge in [0.05, 0.1) is 19.0 Å². The Labute approximate surface area is 168 Å². The molecule has 0 bridgehead atoms. The van der Waals surface area contributed by atoms with E-state index in [9.17, 15) is 8.78 Å². The molecule has 2 aromatic heterocycles. The topological polar surface area (TPSA) is 60.0 Å². The molecule has 1 unspecified atom stereocenters. The van der Waals surface area contributed by atoms with Crippen LogP contribution in [0.2, 0.25) is 0 Å². The van der Waals surface area contributed by atoms with Gasteiger partial charge >= 0.3 is 0 Å². The Hall–Kier alpha value is -2.96. The van der Waals surface area contributed by atoms with E-state index < -0.39 is 5.92 Å². The highest BCUT2D eigenvalue weighted by Crippen LogP contribution is 2.44. The normalized spacial score (nSPS) is 18.0. The lowest BCUT2D eigenvalue weighted by atomic mass is 10.1. The molecule has 1 fully saturated rings. The second-order valence-electron chi connectivity index (χ2n) is 7.44. The Morgan fingerprint density at radius 1 is 1.17 bits per heavy atom. The van der Waals surface area contributed by atoms with Crippen molar-refractivity contribution in [2.75, 3.05) is 7.11 Å². The van der Waals surface area contributed by atoms with E-state index in [0.29, 0.717) is 30.4 Å². The van der Waals surface area contributed by atoms with Gasteiger partial charge in [0.1, 0.15) is 23.9 Å². The van der Waals surface area contributed by atoms with E-state index in [4.69, 9.17) is 9.47 Å². The van der Waals surface area contributed by atoms with Gasteiger partial charge in [0.25, 0.3) is 0 Å². The predicted octanol–water partition coefficient (Wildman–Crippen LogP) is 5.27. The fraction of sp³-hybridized carbons (Fsp3) is 0.364. The molecule has 7 heteroatoms. The second-order valence-corrected chi connectivity index (χ2v) is 7.44. The lowest BCUT2D eigenvalue weighted by Crippen LogP contribution is -2.09. The van der Waals surface area contributed by atoms with Crippen molar-refractivity contribution in [1.29, 1.82) is 0 Å². The molecule has 1 N–H and O–H groups in total. The van der Waals surface area contributed by atoms with Crippen LogP contribution in [0.5, 0.6) is 11.5 Å². The van der Waals surface area contributed by atoms with E-state index in [-0.39, 0.29) is 18.8 Å². The quantitative estimate of drug-likeness (QED) is 0.613. The molecular weight excluding hydrogens is 376 g/mol. The average Bonchev–Trinajstić information content (AvgIpc) is 3.33. The number of H-pyrrole nitrogens is 1. The maximum atomic E-state index is 13.5. The summed E-state index contributed by atoms with van der Waals surface area (Å²) in [7, 11) is 1.58. The molecule has 1 atom stereocenters. The number of pyridine rings is 1. The monoisotopic (exact) mass is 399 g/mol. The number of nitrogens with zero attached hydrogens (tertiary/aromatic N) is 2. The molecule has 0 amide bonds. The summed E-state index contributed by atoms with van der Waals surface area (Å²) in [6, 6.07) is 9.46. The smallest absolute Gasteiger partial charge is 0.248 e. The zero-order valence-corrected chi connectivity index (χ0v) is 16.4. The van der Waals surface area contributed by atoms with Crippen LogP contribution in [-0.4, -0.2) is 28.0 Å². The number of nitrogens with one attached hydrogen (secondary N) is 1. The molecule has 0 aliphatic heterocycles. The van der Waals surface area contributed by atoms with Crippen molar-refractivity contribution < 1.29 is 18.3 Å². The zero-order chi connectivity index (χ0) is 20.4. The first kappa shape index (κ1) is 19.4. The van der Waals surface area contributed by atoms with E-state index in [1.54, 1.807) is 25.6 Å². The van der Waals surface area contributed by atoms with Crippen LogP contribution < -0.4 is 9.47 Å². The van der Waals surface area contributed by atoms with Crippen LogP contribution in [0.1, 0.15) is 42.3 Å². The summed E-state index contributed by atoms with van der Waals surface area (Å²) >= 11 is 0. The molecule has 1 saturated carbocycles. The Morgan fingerprint density at radius 2 is 2.03 bits per heavy atom. The molecule has 29 heavy (non-hydrogen) atoms. The van der Waals surface area contributed by atoms with Crippen LogP contribution in [0.4, 0.5) is 8.78 Å². The van der Waals surface area contributed by atoms with E-state index in [1.165, 1.54) is 0 Å². The molecule has 1 aliphatic rings. The highest BCUT2D eigenvalue weighted by atomic mass is 19.3. The van der Waals surface area contributed by atoms with Gasteiger partial charge in [0.2, 0.25) is 5.92 Å². The molecule has 4 rings (SSSR count). The summed E-state index contributed by atoms with van der Waals surface area (Å²) in [6.45, 7) is 2.34. The molecule has 0 saturated heterocycles. The SMILES string of the molecule is COc1cc(OCc2ccc(C)nc2)ccc1-c1cnc(C2CCC(F)(F)C2)[nH]1. The fourth-order valence-corrected chi connectivity index (χ4v) is 3.60. The third-order valence-corrected chi connectivity index (χ3v) is 5.23. The van der Waals surface area contributed by atoms with Gasteiger partial charge in [0, 0.05) is 47.8 Å². The number of halogens is 2. The van der Waals surface area contributed by atoms with Crippen LogP contribution in [-0.2, 0) is 6.61 Å². The van der Waals surface area contributed by atoms with Gasteiger partial charge in [-0.1, -0.05) is 6.07 Å². The first-order valence-electron chi connectivity index (χ1n) is 9.59.